The Kier molecular flexibility index (Phi) is 4.10. The van der Waals surface area contributed by atoms with Crippen LogP contribution in [-0.2, 0) is 4.79 Å². The van der Waals surface area contributed by atoms with Gasteiger partial charge in [-0.3, -0.25) is 9.78 Å². The van der Waals surface area contributed by atoms with Crippen molar-refractivity contribution in [2.45, 2.75) is 26.0 Å². The van der Waals surface area contributed by atoms with Gasteiger partial charge < -0.3 is 5.32 Å². The number of anilines is 1. The predicted octanol–water partition coefficient (Wildman–Crippen LogP) is 3.44. The number of benzene rings is 1. The van der Waals surface area contributed by atoms with Gasteiger partial charge in [0, 0.05) is 11.1 Å². The highest BCUT2D eigenvalue weighted by Gasteiger charge is 2.18. The highest BCUT2D eigenvalue weighted by atomic mass is 32.1. The fourth-order valence-corrected chi connectivity index (χ4v) is 1.99. The topological polar surface area (TPSA) is 42.0 Å². The summed E-state index contributed by atoms with van der Waals surface area (Å²) in [7, 11) is 0. The number of carbonyl (C=O) groups is 1. The van der Waals surface area contributed by atoms with E-state index in [4.69, 9.17) is 0 Å². The maximum Gasteiger partial charge on any atom is 0.237 e. The monoisotopic (exact) mass is 274 g/mol. The van der Waals surface area contributed by atoms with Crippen LogP contribution in [0, 0.1) is 12.8 Å². The minimum atomic E-state index is -0.313. The number of carbonyl (C=O) groups excluding carboxylic acids is 1. The van der Waals surface area contributed by atoms with Gasteiger partial charge in [0.05, 0.1) is 16.5 Å². The van der Waals surface area contributed by atoms with Crippen molar-refractivity contribution in [3.8, 4) is 0 Å². The molecule has 3 nitrogen and oxygen atoms in total. The third kappa shape index (κ3) is 3.07. The molecule has 19 heavy (non-hydrogen) atoms. The van der Waals surface area contributed by atoms with Gasteiger partial charge in [0.1, 0.15) is 0 Å². The summed E-state index contributed by atoms with van der Waals surface area (Å²) < 4.78 is 0. The molecule has 1 unspecified atom stereocenters. The Morgan fingerprint density at radius 1 is 1.32 bits per heavy atom. The van der Waals surface area contributed by atoms with E-state index < -0.39 is 0 Å². The van der Waals surface area contributed by atoms with E-state index in [2.05, 4.69) is 22.9 Å². The van der Waals surface area contributed by atoms with Gasteiger partial charge in [0.25, 0.3) is 0 Å². The van der Waals surface area contributed by atoms with E-state index in [9.17, 15) is 4.79 Å². The molecular weight excluding hydrogens is 256 g/mol. The summed E-state index contributed by atoms with van der Waals surface area (Å²) in [5, 5.41) is 3.59. The van der Waals surface area contributed by atoms with Crippen LogP contribution in [0.5, 0.6) is 0 Å². The van der Waals surface area contributed by atoms with Gasteiger partial charge in [-0.2, -0.15) is 12.6 Å². The number of pyridine rings is 1. The third-order valence-electron chi connectivity index (χ3n) is 3.00. The maximum atomic E-state index is 12.1. The minimum Gasteiger partial charge on any atom is -0.324 e. The Labute approximate surface area is 118 Å². The molecule has 0 saturated heterocycles. The molecule has 0 bridgehead atoms. The second-order valence-electron chi connectivity index (χ2n) is 5.01. The summed E-state index contributed by atoms with van der Waals surface area (Å²) in [4.78, 5) is 16.6. The Balaban J connectivity index is 2.37. The van der Waals surface area contributed by atoms with Crippen molar-refractivity contribution in [2.24, 2.45) is 5.92 Å². The molecule has 0 saturated carbocycles. The van der Waals surface area contributed by atoms with Crippen molar-refractivity contribution in [1.29, 1.82) is 0 Å². The fraction of sp³-hybridized carbons (Fsp3) is 0.333. The number of nitrogens with zero attached hydrogens (tertiary/aromatic N) is 1. The summed E-state index contributed by atoms with van der Waals surface area (Å²) >= 11 is 4.34. The molecule has 0 radical (unpaired) electrons. The maximum absolute atomic E-state index is 12.1. The van der Waals surface area contributed by atoms with Crippen molar-refractivity contribution in [1.82, 2.24) is 4.98 Å². The molecule has 0 spiro atoms. The average molecular weight is 274 g/mol. The summed E-state index contributed by atoms with van der Waals surface area (Å²) in [6, 6.07) is 9.67. The van der Waals surface area contributed by atoms with Gasteiger partial charge in [-0.1, -0.05) is 32.0 Å². The van der Waals surface area contributed by atoms with Crippen LogP contribution in [0.25, 0.3) is 10.9 Å². The standard InChI is InChI=1S/C15H18N2OS/c1-9(2)14(19)15(18)17-13-8-10(3)16-12-7-5-4-6-11(12)13/h4-9,14,19H,1-3H3,(H,16,17,18). The highest BCUT2D eigenvalue weighted by molar-refractivity contribution is 7.81. The first-order chi connectivity index (χ1) is 8.99. The molecule has 1 heterocycles. The number of para-hydroxylation sites is 1. The van der Waals surface area contributed by atoms with Gasteiger partial charge in [-0.25, -0.2) is 0 Å². The van der Waals surface area contributed by atoms with Gasteiger partial charge in [-0.05, 0) is 25.0 Å². The zero-order valence-electron chi connectivity index (χ0n) is 11.3. The normalized spacial score (nSPS) is 12.7. The van der Waals surface area contributed by atoms with Gasteiger partial charge in [-0.15, -0.1) is 0 Å². The quantitative estimate of drug-likeness (QED) is 0.842. The summed E-state index contributed by atoms with van der Waals surface area (Å²) in [6.45, 7) is 5.88. The Morgan fingerprint density at radius 3 is 2.68 bits per heavy atom. The van der Waals surface area contributed by atoms with Crippen LogP contribution in [0.3, 0.4) is 0 Å². The lowest BCUT2D eigenvalue weighted by molar-refractivity contribution is -0.116. The van der Waals surface area contributed by atoms with Crippen LogP contribution < -0.4 is 5.32 Å². The number of nitrogens with one attached hydrogen (secondary N) is 1. The molecule has 0 aliphatic heterocycles. The molecule has 1 aromatic heterocycles. The molecular formula is C15H18N2OS. The zero-order valence-corrected chi connectivity index (χ0v) is 12.2. The molecule has 1 N–H and O–H groups in total. The van der Waals surface area contributed by atoms with E-state index in [1.54, 1.807) is 0 Å². The van der Waals surface area contributed by atoms with Crippen LogP contribution in [0.1, 0.15) is 19.5 Å². The number of rotatable bonds is 3. The van der Waals surface area contributed by atoms with Crippen LogP contribution in [0.2, 0.25) is 0 Å². The molecule has 0 fully saturated rings. The van der Waals surface area contributed by atoms with Gasteiger partial charge >= 0.3 is 0 Å². The molecule has 0 aliphatic rings. The van der Waals surface area contributed by atoms with Crippen molar-refractivity contribution in [3.05, 3.63) is 36.0 Å². The summed E-state index contributed by atoms with van der Waals surface area (Å²) in [6.07, 6.45) is 0. The first-order valence-electron chi connectivity index (χ1n) is 6.34. The number of amides is 1. The summed E-state index contributed by atoms with van der Waals surface area (Å²) in [5.74, 6) is 0.117. The van der Waals surface area contributed by atoms with E-state index in [-0.39, 0.29) is 17.1 Å². The zero-order chi connectivity index (χ0) is 14.0. The molecule has 2 rings (SSSR count). The first kappa shape index (κ1) is 13.9. The smallest absolute Gasteiger partial charge is 0.237 e. The highest BCUT2D eigenvalue weighted by Crippen LogP contribution is 2.24. The number of hydrogen-bond acceptors (Lipinski definition) is 3. The van der Waals surface area contributed by atoms with Crippen molar-refractivity contribution >= 4 is 35.1 Å². The molecule has 1 aromatic carbocycles. The Bertz CT molecular complexity index is 610. The predicted molar refractivity (Wildman–Crippen MR) is 82.7 cm³/mol. The molecule has 0 aliphatic carbocycles. The van der Waals surface area contributed by atoms with Crippen molar-refractivity contribution in [2.75, 3.05) is 5.32 Å². The molecule has 2 aromatic rings. The van der Waals surface area contributed by atoms with Gasteiger partial charge in [0.2, 0.25) is 5.91 Å². The second kappa shape index (κ2) is 5.61. The minimum absolute atomic E-state index is 0.0749. The van der Waals surface area contributed by atoms with Gasteiger partial charge in [0.15, 0.2) is 0 Å². The SMILES string of the molecule is Cc1cc(NC(=O)C(S)C(C)C)c2ccccc2n1. The second-order valence-corrected chi connectivity index (χ2v) is 5.56. The Hall–Kier alpha value is -1.55. The van der Waals surface area contributed by atoms with Crippen LogP contribution in [-0.4, -0.2) is 16.1 Å². The lowest BCUT2D eigenvalue weighted by Gasteiger charge is -2.16. The van der Waals surface area contributed by atoms with E-state index >= 15 is 0 Å². The molecule has 1 amide bonds. The number of hydrogen-bond donors (Lipinski definition) is 2. The average Bonchev–Trinajstić information content (AvgIpc) is 2.37. The largest absolute Gasteiger partial charge is 0.324 e. The number of aromatic nitrogens is 1. The van der Waals surface area contributed by atoms with Crippen molar-refractivity contribution in [3.63, 3.8) is 0 Å². The molecule has 4 heteroatoms. The third-order valence-corrected chi connectivity index (χ3v) is 3.83. The van der Waals surface area contributed by atoms with E-state index in [1.165, 1.54) is 0 Å². The number of aryl methyl sites for hydroxylation is 1. The van der Waals surface area contributed by atoms with Crippen LogP contribution in [0.15, 0.2) is 30.3 Å². The molecule has 1 atom stereocenters. The van der Waals surface area contributed by atoms with Crippen LogP contribution in [0.4, 0.5) is 5.69 Å². The van der Waals surface area contributed by atoms with Crippen LogP contribution >= 0.6 is 12.6 Å². The molecule has 100 valence electrons. The van der Waals surface area contributed by atoms with E-state index in [1.807, 2.05) is 51.1 Å². The number of thiol groups is 1. The number of fused-ring (bicyclic) bond motifs is 1. The lowest BCUT2D eigenvalue weighted by Crippen LogP contribution is -2.27. The lowest BCUT2D eigenvalue weighted by atomic mass is 10.1. The van der Waals surface area contributed by atoms with Crippen molar-refractivity contribution < 1.29 is 4.79 Å². The first-order valence-corrected chi connectivity index (χ1v) is 6.86. The van der Waals surface area contributed by atoms with E-state index in [0.717, 1.165) is 22.3 Å². The van der Waals surface area contributed by atoms with E-state index in [0.29, 0.717) is 0 Å². The fourth-order valence-electron chi connectivity index (χ4n) is 1.92. The Morgan fingerprint density at radius 2 is 2.00 bits per heavy atom. The summed E-state index contributed by atoms with van der Waals surface area (Å²) in [5.41, 5.74) is 2.57.